The van der Waals surface area contributed by atoms with Gasteiger partial charge >= 0.3 is 5.97 Å². The molecule has 1 fully saturated rings. The third-order valence-electron chi connectivity index (χ3n) is 4.26. The molecule has 1 aromatic rings. The van der Waals surface area contributed by atoms with Gasteiger partial charge in [-0.2, -0.15) is 0 Å². The Kier molecular flexibility index (Phi) is 6.28. The number of hydrogen-bond acceptors (Lipinski definition) is 5. The number of anilines is 1. The Bertz CT molecular complexity index is 618. The summed E-state index contributed by atoms with van der Waals surface area (Å²) in [6.45, 7) is 1.81. The van der Waals surface area contributed by atoms with Crippen molar-refractivity contribution in [3.05, 3.63) is 23.9 Å². The van der Waals surface area contributed by atoms with Crippen molar-refractivity contribution in [2.24, 2.45) is 11.8 Å². The van der Waals surface area contributed by atoms with Crippen LogP contribution in [0.25, 0.3) is 0 Å². The highest BCUT2D eigenvalue weighted by Gasteiger charge is 2.31. The molecule has 0 aliphatic heterocycles. The van der Waals surface area contributed by atoms with Crippen LogP contribution in [0.1, 0.15) is 43.0 Å². The van der Waals surface area contributed by atoms with Crippen molar-refractivity contribution < 1.29 is 19.1 Å². The third-order valence-corrected chi connectivity index (χ3v) is 4.26. The van der Waals surface area contributed by atoms with Gasteiger partial charge < -0.3 is 15.4 Å². The maximum atomic E-state index is 12.3. The number of hydrogen-bond donors (Lipinski definition) is 2. The number of nitrogens with zero attached hydrogens (tertiary/aromatic N) is 1. The summed E-state index contributed by atoms with van der Waals surface area (Å²) in [6.07, 6.45) is 5.23. The topological polar surface area (TPSA) is 97.4 Å². The van der Waals surface area contributed by atoms with E-state index in [1.807, 2.05) is 0 Å². The van der Waals surface area contributed by atoms with Crippen molar-refractivity contribution in [3.63, 3.8) is 0 Å². The summed E-state index contributed by atoms with van der Waals surface area (Å²) in [5.41, 5.74) is 0.416. The number of nitrogens with one attached hydrogen (secondary N) is 2. The summed E-state index contributed by atoms with van der Waals surface area (Å²) in [4.78, 5) is 39.2. The highest BCUT2D eigenvalue weighted by Crippen LogP contribution is 2.30. The van der Waals surface area contributed by atoms with E-state index < -0.39 is 0 Å². The van der Waals surface area contributed by atoms with Crippen LogP contribution >= 0.6 is 0 Å². The standard InChI is InChI=1S/C17H23N3O4/c1-11(21)20-15-9-12(7-8-18-15)16(22)19-10-13-5-3-4-6-14(13)17(23)24-2/h7-9,13-14H,3-6,10H2,1-2H3,(H,19,22)(H,18,20,21). The summed E-state index contributed by atoms with van der Waals surface area (Å²) in [5, 5.41) is 5.41. The van der Waals surface area contributed by atoms with Gasteiger partial charge in [0.1, 0.15) is 5.82 Å². The largest absolute Gasteiger partial charge is 0.469 e. The van der Waals surface area contributed by atoms with Crippen molar-refractivity contribution in [1.29, 1.82) is 0 Å². The van der Waals surface area contributed by atoms with E-state index in [1.54, 1.807) is 6.07 Å². The lowest BCUT2D eigenvalue weighted by Gasteiger charge is -2.29. The first-order valence-electron chi connectivity index (χ1n) is 8.11. The van der Waals surface area contributed by atoms with Gasteiger partial charge in [0.25, 0.3) is 5.91 Å². The van der Waals surface area contributed by atoms with E-state index in [0.29, 0.717) is 17.9 Å². The molecule has 24 heavy (non-hydrogen) atoms. The molecule has 0 bridgehead atoms. The highest BCUT2D eigenvalue weighted by molar-refractivity contribution is 5.96. The molecule has 2 rings (SSSR count). The Hall–Kier alpha value is -2.44. The van der Waals surface area contributed by atoms with Gasteiger partial charge in [0.2, 0.25) is 5.91 Å². The molecule has 0 radical (unpaired) electrons. The lowest BCUT2D eigenvalue weighted by Crippen LogP contribution is -2.37. The summed E-state index contributed by atoms with van der Waals surface area (Å²) in [5.74, 6) is -0.435. The molecule has 0 aromatic carbocycles. The number of methoxy groups -OCH3 is 1. The molecule has 2 unspecified atom stereocenters. The van der Waals surface area contributed by atoms with Crippen LogP contribution in [0.2, 0.25) is 0 Å². The fourth-order valence-electron chi connectivity index (χ4n) is 3.06. The van der Waals surface area contributed by atoms with Crippen molar-refractivity contribution in [1.82, 2.24) is 10.3 Å². The van der Waals surface area contributed by atoms with E-state index in [-0.39, 0.29) is 29.6 Å². The summed E-state index contributed by atoms with van der Waals surface area (Å²) < 4.78 is 4.86. The number of esters is 1. The van der Waals surface area contributed by atoms with Gasteiger partial charge in [0.15, 0.2) is 0 Å². The average Bonchev–Trinajstić information content (AvgIpc) is 2.59. The molecule has 0 saturated heterocycles. The molecule has 1 heterocycles. The molecule has 0 spiro atoms. The van der Waals surface area contributed by atoms with Gasteiger partial charge in [-0.25, -0.2) is 4.98 Å². The van der Waals surface area contributed by atoms with Crippen LogP contribution in [0.5, 0.6) is 0 Å². The number of carbonyl (C=O) groups is 3. The number of aromatic nitrogens is 1. The molecule has 2 N–H and O–H groups in total. The summed E-state index contributed by atoms with van der Waals surface area (Å²) in [7, 11) is 1.40. The van der Waals surface area contributed by atoms with Crippen LogP contribution in [-0.2, 0) is 14.3 Å². The van der Waals surface area contributed by atoms with E-state index >= 15 is 0 Å². The van der Waals surface area contributed by atoms with E-state index in [0.717, 1.165) is 25.7 Å². The normalized spacial score (nSPS) is 20.1. The third kappa shape index (κ3) is 4.78. The summed E-state index contributed by atoms with van der Waals surface area (Å²) in [6, 6.07) is 3.11. The van der Waals surface area contributed by atoms with E-state index in [9.17, 15) is 14.4 Å². The fraction of sp³-hybridized carbons (Fsp3) is 0.529. The molecule has 1 aliphatic carbocycles. The first kappa shape index (κ1) is 17.9. The maximum Gasteiger partial charge on any atom is 0.309 e. The molecule has 1 aliphatic rings. The van der Waals surface area contributed by atoms with Gasteiger partial charge in [-0.1, -0.05) is 12.8 Å². The smallest absolute Gasteiger partial charge is 0.309 e. The van der Waals surface area contributed by atoms with Crippen LogP contribution in [-0.4, -0.2) is 36.4 Å². The first-order valence-corrected chi connectivity index (χ1v) is 8.11. The Morgan fingerprint density at radius 2 is 2.04 bits per heavy atom. The van der Waals surface area contributed by atoms with Gasteiger partial charge in [-0.15, -0.1) is 0 Å². The van der Waals surface area contributed by atoms with Gasteiger partial charge in [-0.05, 0) is 30.9 Å². The van der Waals surface area contributed by atoms with Crippen molar-refractivity contribution in [3.8, 4) is 0 Å². The van der Waals surface area contributed by atoms with Crippen molar-refractivity contribution in [2.45, 2.75) is 32.6 Å². The zero-order valence-corrected chi connectivity index (χ0v) is 14.0. The molecule has 130 valence electrons. The zero-order valence-electron chi connectivity index (χ0n) is 14.0. The lowest BCUT2D eigenvalue weighted by atomic mass is 9.79. The second-order valence-corrected chi connectivity index (χ2v) is 6.00. The number of ether oxygens (including phenoxy) is 1. The quantitative estimate of drug-likeness (QED) is 0.800. The Labute approximate surface area is 141 Å². The number of amides is 2. The second-order valence-electron chi connectivity index (χ2n) is 6.00. The zero-order chi connectivity index (χ0) is 17.5. The van der Waals surface area contributed by atoms with Crippen LogP contribution in [0.4, 0.5) is 5.82 Å². The van der Waals surface area contributed by atoms with Crippen molar-refractivity contribution in [2.75, 3.05) is 19.0 Å². The molecule has 7 heteroatoms. The molecular formula is C17H23N3O4. The second kappa shape index (κ2) is 8.42. The van der Waals surface area contributed by atoms with Gasteiger partial charge in [0.05, 0.1) is 13.0 Å². The van der Waals surface area contributed by atoms with Gasteiger partial charge in [-0.3, -0.25) is 14.4 Å². The molecular weight excluding hydrogens is 310 g/mol. The van der Waals surface area contributed by atoms with Crippen molar-refractivity contribution >= 4 is 23.6 Å². The van der Waals surface area contributed by atoms with E-state index in [2.05, 4.69) is 15.6 Å². The van der Waals surface area contributed by atoms with E-state index in [4.69, 9.17) is 4.74 Å². The number of pyridine rings is 1. The van der Waals surface area contributed by atoms with Crippen LogP contribution in [0, 0.1) is 11.8 Å². The Morgan fingerprint density at radius 3 is 2.75 bits per heavy atom. The molecule has 1 saturated carbocycles. The van der Waals surface area contributed by atoms with Crippen LogP contribution in [0.3, 0.4) is 0 Å². The predicted molar refractivity (Wildman–Crippen MR) is 88.3 cm³/mol. The first-order chi connectivity index (χ1) is 11.5. The molecule has 2 atom stereocenters. The molecule has 1 aromatic heterocycles. The minimum Gasteiger partial charge on any atom is -0.469 e. The monoisotopic (exact) mass is 333 g/mol. The highest BCUT2D eigenvalue weighted by atomic mass is 16.5. The number of rotatable bonds is 5. The Balaban J connectivity index is 1.96. The summed E-state index contributed by atoms with van der Waals surface area (Å²) >= 11 is 0. The minimum atomic E-state index is -0.252. The molecule has 7 nitrogen and oxygen atoms in total. The lowest BCUT2D eigenvalue weighted by molar-refractivity contribution is -0.148. The van der Waals surface area contributed by atoms with Crippen LogP contribution in [0.15, 0.2) is 18.3 Å². The van der Waals surface area contributed by atoms with Gasteiger partial charge in [0, 0.05) is 25.2 Å². The molecule has 2 amide bonds. The minimum absolute atomic E-state index is 0.0896. The predicted octanol–water partition coefficient (Wildman–Crippen LogP) is 1.75. The van der Waals surface area contributed by atoms with Crippen LogP contribution < -0.4 is 10.6 Å². The Morgan fingerprint density at radius 1 is 1.29 bits per heavy atom. The maximum absolute atomic E-state index is 12.3. The SMILES string of the molecule is COC(=O)C1CCCCC1CNC(=O)c1ccnc(NC(C)=O)c1. The fourth-order valence-corrected chi connectivity index (χ4v) is 3.06. The van der Waals surface area contributed by atoms with E-state index in [1.165, 1.54) is 26.3 Å². The number of carbonyl (C=O) groups excluding carboxylic acids is 3. The average molecular weight is 333 g/mol.